The number of nitrogens with one attached hydrogen (secondary N) is 1. The van der Waals surface area contributed by atoms with Gasteiger partial charge in [0.1, 0.15) is 11.6 Å². The number of carbonyl (C=O) groups excluding carboxylic acids is 1. The number of fused-ring (bicyclic) bond motifs is 1. The van der Waals surface area contributed by atoms with E-state index in [1.54, 1.807) is 35.3 Å². The van der Waals surface area contributed by atoms with Crippen LogP contribution in [0.15, 0.2) is 48.1 Å². The normalized spacial score (nSPS) is 11.0. The second kappa shape index (κ2) is 6.27. The van der Waals surface area contributed by atoms with E-state index in [1.165, 1.54) is 23.5 Å². The summed E-state index contributed by atoms with van der Waals surface area (Å²) in [4.78, 5) is 15.8. The summed E-state index contributed by atoms with van der Waals surface area (Å²) in [6.07, 6.45) is 4.12. The van der Waals surface area contributed by atoms with Gasteiger partial charge >= 0.3 is 0 Å². The van der Waals surface area contributed by atoms with Gasteiger partial charge in [-0.1, -0.05) is 17.7 Å². The number of thiophene rings is 1. The highest BCUT2D eigenvalue weighted by Gasteiger charge is 2.11. The molecule has 3 aromatic heterocycles. The third-order valence-corrected chi connectivity index (χ3v) is 4.80. The molecule has 0 aliphatic heterocycles. The van der Waals surface area contributed by atoms with Gasteiger partial charge in [-0.15, -0.1) is 11.3 Å². The van der Waals surface area contributed by atoms with Gasteiger partial charge in [-0.2, -0.15) is 5.10 Å². The molecule has 0 saturated heterocycles. The van der Waals surface area contributed by atoms with Crippen LogP contribution in [-0.2, 0) is 0 Å². The zero-order valence-corrected chi connectivity index (χ0v) is 14.2. The summed E-state index contributed by atoms with van der Waals surface area (Å²) in [5.74, 6) is 0.00251. The first-order chi connectivity index (χ1) is 12.2. The van der Waals surface area contributed by atoms with E-state index in [2.05, 4.69) is 15.4 Å². The van der Waals surface area contributed by atoms with Crippen LogP contribution >= 0.6 is 22.9 Å². The average molecular weight is 373 g/mol. The molecule has 0 fully saturated rings. The smallest absolute Gasteiger partial charge is 0.160 e. The number of carbonyl (C=O) groups is 1. The van der Waals surface area contributed by atoms with Gasteiger partial charge in [0, 0.05) is 10.8 Å². The number of benzene rings is 1. The third kappa shape index (κ3) is 2.88. The molecule has 3 heterocycles. The first-order valence-corrected chi connectivity index (χ1v) is 8.50. The summed E-state index contributed by atoms with van der Waals surface area (Å²) in [5, 5.41) is 10.2. The zero-order chi connectivity index (χ0) is 17.4. The molecule has 4 aromatic rings. The molecule has 1 aromatic carbocycles. The van der Waals surface area contributed by atoms with E-state index < -0.39 is 5.82 Å². The van der Waals surface area contributed by atoms with Gasteiger partial charge in [0.15, 0.2) is 6.29 Å². The van der Waals surface area contributed by atoms with Crippen LogP contribution in [0.25, 0.3) is 16.6 Å². The molecule has 25 heavy (non-hydrogen) atoms. The molecule has 0 unspecified atom stereocenters. The maximum atomic E-state index is 13.9. The Morgan fingerprint density at radius 3 is 2.92 bits per heavy atom. The van der Waals surface area contributed by atoms with Crippen molar-refractivity contribution in [3.8, 4) is 5.69 Å². The lowest BCUT2D eigenvalue weighted by atomic mass is 10.3. The molecule has 0 atom stereocenters. The lowest BCUT2D eigenvalue weighted by Crippen LogP contribution is -1.98. The van der Waals surface area contributed by atoms with Crippen LogP contribution in [0.4, 0.5) is 15.9 Å². The minimum Gasteiger partial charge on any atom is -0.337 e. The van der Waals surface area contributed by atoms with Crippen molar-refractivity contribution in [1.82, 2.24) is 14.8 Å². The van der Waals surface area contributed by atoms with Crippen molar-refractivity contribution in [2.24, 2.45) is 0 Å². The number of anilines is 2. The minimum absolute atomic E-state index is 0.178. The first-order valence-electron chi connectivity index (χ1n) is 7.24. The fraction of sp³-hybridized carbons (Fsp3) is 0. The van der Waals surface area contributed by atoms with E-state index in [0.717, 1.165) is 22.9 Å². The lowest BCUT2D eigenvalue weighted by molar-refractivity contribution is 0.112. The third-order valence-electron chi connectivity index (χ3n) is 3.64. The number of para-hydroxylation sites is 1. The number of aromatic nitrogens is 3. The van der Waals surface area contributed by atoms with Crippen molar-refractivity contribution in [3.63, 3.8) is 0 Å². The van der Waals surface area contributed by atoms with Crippen molar-refractivity contribution in [2.45, 2.75) is 0 Å². The summed E-state index contributed by atoms with van der Waals surface area (Å²) >= 11 is 7.37. The standard InChI is InChI=1S/C17H10ClFN4OS/c18-13-2-1-3-14(19)17(13)22-16-4-10-6-21-23(15(10)7-20-16)11-5-12(8-24)25-9-11/h1-9H,(H,20,22). The van der Waals surface area contributed by atoms with Gasteiger partial charge in [0.2, 0.25) is 0 Å². The predicted octanol–water partition coefficient (Wildman–Crippen LogP) is 4.83. The number of rotatable bonds is 4. The second-order valence-corrected chi connectivity index (χ2v) is 6.58. The molecule has 0 amide bonds. The highest BCUT2D eigenvalue weighted by atomic mass is 35.5. The number of nitrogens with zero attached hydrogens (tertiary/aromatic N) is 3. The number of aldehydes is 1. The van der Waals surface area contributed by atoms with E-state index in [4.69, 9.17) is 11.6 Å². The van der Waals surface area contributed by atoms with Gasteiger partial charge in [0.25, 0.3) is 0 Å². The van der Waals surface area contributed by atoms with Crippen molar-refractivity contribution in [1.29, 1.82) is 0 Å². The number of hydrogen-bond acceptors (Lipinski definition) is 5. The summed E-state index contributed by atoms with van der Waals surface area (Å²) in [7, 11) is 0. The highest BCUT2D eigenvalue weighted by molar-refractivity contribution is 7.12. The van der Waals surface area contributed by atoms with Crippen LogP contribution in [0.2, 0.25) is 5.02 Å². The Labute approximate surface area is 150 Å². The molecule has 0 saturated carbocycles. The molecule has 0 spiro atoms. The van der Waals surface area contributed by atoms with E-state index >= 15 is 0 Å². The van der Waals surface area contributed by atoms with Crippen molar-refractivity contribution in [3.05, 3.63) is 63.8 Å². The Morgan fingerprint density at radius 1 is 1.28 bits per heavy atom. The predicted molar refractivity (Wildman–Crippen MR) is 96.8 cm³/mol. The summed E-state index contributed by atoms with van der Waals surface area (Å²) in [5.41, 5.74) is 1.75. The Bertz CT molecular complexity index is 1070. The Hall–Kier alpha value is -2.77. The molecule has 0 aliphatic carbocycles. The second-order valence-electron chi connectivity index (χ2n) is 5.23. The molecule has 1 N–H and O–H groups in total. The van der Waals surface area contributed by atoms with Crippen molar-refractivity contribution >= 4 is 51.6 Å². The summed E-state index contributed by atoms with van der Waals surface area (Å²) in [6.45, 7) is 0. The number of halogens is 2. The summed E-state index contributed by atoms with van der Waals surface area (Å²) < 4.78 is 15.6. The van der Waals surface area contributed by atoms with Crippen molar-refractivity contribution < 1.29 is 9.18 Å². The van der Waals surface area contributed by atoms with Gasteiger partial charge in [-0.25, -0.2) is 14.1 Å². The van der Waals surface area contributed by atoms with Gasteiger partial charge in [0.05, 0.1) is 39.2 Å². The maximum Gasteiger partial charge on any atom is 0.160 e. The molecule has 0 bridgehead atoms. The molecular weight excluding hydrogens is 363 g/mol. The summed E-state index contributed by atoms with van der Waals surface area (Å²) in [6, 6.07) is 7.98. The van der Waals surface area contributed by atoms with Crippen LogP contribution in [0.5, 0.6) is 0 Å². The molecule has 0 aliphatic rings. The van der Waals surface area contributed by atoms with Crippen LogP contribution in [0.3, 0.4) is 0 Å². The zero-order valence-electron chi connectivity index (χ0n) is 12.6. The number of pyridine rings is 1. The monoisotopic (exact) mass is 372 g/mol. The molecule has 4 rings (SSSR count). The van der Waals surface area contributed by atoms with Gasteiger partial charge < -0.3 is 5.32 Å². The molecule has 5 nitrogen and oxygen atoms in total. The molecule has 0 radical (unpaired) electrons. The highest BCUT2D eigenvalue weighted by Crippen LogP contribution is 2.29. The van der Waals surface area contributed by atoms with Crippen LogP contribution in [0, 0.1) is 5.82 Å². The maximum absolute atomic E-state index is 13.9. The number of hydrogen-bond donors (Lipinski definition) is 1. The van der Waals surface area contributed by atoms with Crippen LogP contribution in [0.1, 0.15) is 9.67 Å². The quantitative estimate of drug-likeness (QED) is 0.521. The van der Waals surface area contributed by atoms with E-state index in [-0.39, 0.29) is 10.7 Å². The van der Waals surface area contributed by atoms with Crippen LogP contribution in [-0.4, -0.2) is 21.1 Å². The van der Waals surface area contributed by atoms with Crippen molar-refractivity contribution in [2.75, 3.05) is 5.32 Å². The molecule has 124 valence electrons. The largest absolute Gasteiger partial charge is 0.337 e. The Morgan fingerprint density at radius 2 is 2.16 bits per heavy atom. The lowest BCUT2D eigenvalue weighted by Gasteiger charge is -2.08. The molecular formula is C17H10ClFN4OS. The fourth-order valence-corrected chi connectivity index (χ4v) is 3.34. The fourth-order valence-electron chi connectivity index (χ4n) is 2.46. The van der Waals surface area contributed by atoms with Gasteiger partial charge in [-0.05, 0) is 24.3 Å². The minimum atomic E-state index is -0.454. The molecule has 8 heteroatoms. The van der Waals surface area contributed by atoms with E-state index in [1.807, 2.05) is 5.38 Å². The SMILES string of the molecule is O=Cc1cc(-n2ncc3cc(Nc4c(F)cccc4Cl)ncc32)cs1. The average Bonchev–Trinajstić information content (AvgIpc) is 3.24. The van der Waals surface area contributed by atoms with E-state index in [0.29, 0.717) is 10.7 Å². The van der Waals surface area contributed by atoms with Gasteiger partial charge in [-0.3, -0.25) is 4.79 Å². The van der Waals surface area contributed by atoms with Crippen LogP contribution < -0.4 is 5.32 Å². The topological polar surface area (TPSA) is 59.8 Å². The Balaban J connectivity index is 1.71. The van der Waals surface area contributed by atoms with E-state index in [9.17, 15) is 9.18 Å². The Kier molecular flexibility index (Phi) is 3.95. The first kappa shape index (κ1) is 15.7.